The van der Waals surface area contributed by atoms with Crippen molar-refractivity contribution in [3.8, 4) is 0 Å². The maximum absolute atomic E-state index is 13.7. The van der Waals surface area contributed by atoms with Gasteiger partial charge in [0.15, 0.2) is 0 Å². The second-order valence-electron chi connectivity index (χ2n) is 3.89. The van der Waals surface area contributed by atoms with Crippen LogP contribution in [0.1, 0.15) is 24.3 Å². The maximum Gasteiger partial charge on any atom is 0.307 e. The van der Waals surface area contributed by atoms with Crippen molar-refractivity contribution in [2.24, 2.45) is 5.92 Å². The van der Waals surface area contributed by atoms with Gasteiger partial charge in [0.05, 0.1) is 10.4 Å². The number of hydrogen-bond acceptors (Lipinski definition) is 1. The Balaban J connectivity index is 2.41. The van der Waals surface area contributed by atoms with E-state index < -0.39 is 29.4 Å². The third kappa shape index (κ3) is 1.73. The number of carboxylic acids is 1. The predicted octanol–water partition coefficient (Wildman–Crippen LogP) is 3.31. The lowest BCUT2D eigenvalue weighted by atomic mass is 9.70. The van der Waals surface area contributed by atoms with Crippen LogP contribution in [-0.2, 0) is 4.79 Å². The molecule has 0 saturated heterocycles. The van der Waals surface area contributed by atoms with Crippen molar-refractivity contribution < 1.29 is 18.7 Å². The van der Waals surface area contributed by atoms with E-state index in [-0.39, 0.29) is 10.0 Å². The molecule has 2 nitrogen and oxygen atoms in total. The van der Waals surface area contributed by atoms with E-state index in [2.05, 4.69) is 15.9 Å². The topological polar surface area (TPSA) is 37.3 Å². The van der Waals surface area contributed by atoms with Gasteiger partial charge in [0, 0.05) is 11.5 Å². The van der Waals surface area contributed by atoms with Crippen LogP contribution in [0.25, 0.3) is 0 Å². The van der Waals surface area contributed by atoms with Gasteiger partial charge in [0.1, 0.15) is 11.6 Å². The summed E-state index contributed by atoms with van der Waals surface area (Å²) in [5.74, 6) is -3.56. The number of benzene rings is 1. The Morgan fingerprint density at radius 3 is 2.56 bits per heavy atom. The van der Waals surface area contributed by atoms with Gasteiger partial charge >= 0.3 is 5.97 Å². The Morgan fingerprint density at radius 1 is 1.38 bits per heavy atom. The Bertz CT molecular complexity index is 448. The Labute approximate surface area is 99.4 Å². The molecule has 0 amide bonds. The van der Waals surface area contributed by atoms with Gasteiger partial charge in [-0.2, -0.15) is 0 Å². The zero-order chi connectivity index (χ0) is 11.9. The highest BCUT2D eigenvalue weighted by molar-refractivity contribution is 9.10. The van der Waals surface area contributed by atoms with Crippen LogP contribution in [0.5, 0.6) is 0 Å². The van der Waals surface area contributed by atoms with Crippen LogP contribution in [0.4, 0.5) is 8.78 Å². The SMILES string of the molecule is O=C(O)C1CCC1c1c(F)ccc(Br)c1F. The molecule has 5 heteroatoms. The fourth-order valence-corrected chi connectivity index (χ4v) is 2.37. The summed E-state index contributed by atoms with van der Waals surface area (Å²) in [6.45, 7) is 0. The van der Waals surface area contributed by atoms with Gasteiger partial charge in [-0.3, -0.25) is 4.79 Å². The lowest BCUT2D eigenvalue weighted by molar-refractivity contribution is -0.145. The van der Waals surface area contributed by atoms with E-state index in [0.29, 0.717) is 12.8 Å². The molecule has 0 radical (unpaired) electrons. The van der Waals surface area contributed by atoms with Crippen LogP contribution in [-0.4, -0.2) is 11.1 Å². The number of hydrogen-bond donors (Lipinski definition) is 1. The molecule has 1 N–H and O–H groups in total. The average molecular weight is 291 g/mol. The Morgan fingerprint density at radius 2 is 2.06 bits per heavy atom. The van der Waals surface area contributed by atoms with Crippen molar-refractivity contribution >= 4 is 21.9 Å². The summed E-state index contributed by atoms with van der Waals surface area (Å²) in [5, 5.41) is 8.86. The lowest BCUT2D eigenvalue weighted by Gasteiger charge is -2.34. The first kappa shape index (κ1) is 11.5. The normalized spacial score (nSPS) is 23.9. The molecule has 1 aromatic carbocycles. The molecule has 1 fully saturated rings. The van der Waals surface area contributed by atoms with Crippen LogP contribution >= 0.6 is 15.9 Å². The summed E-state index contributed by atoms with van der Waals surface area (Å²) < 4.78 is 27.3. The van der Waals surface area contributed by atoms with Crippen molar-refractivity contribution in [3.63, 3.8) is 0 Å². The summed E-state index contributed by atoms with van der Waals surface area (Å²) >= 11 is 2.97. The minimum atomic E-state index is -0.991. The van der Waals surface area contributed by atoms with Gasteiger partial charge in [-0.1, -0.05) is 0 Å². The van der Waals surface area contributed by atoms with Crippen molar-refractivity contribution in [2.45, 2.75) is 18.8 Å². The van der Waals surface area contributed by atoms with E-state index >= 15 is 0 Å². The molecule has 0 heterocycles. The number of carbonyl (C=O) groups is 1. The standard InChI is InChI=1S/C11H9BrF2O2/c12-7-3-4-8(13)9(10(7)14)5-1-2-6(5)11(15)16/h3-6H,1-2H2,(H,15,16). The Hall–Kier alpha value is -0.970. The lowest BCUT2D eigenvalue weighted by Crippen LogP contribution is -2.32. The summed E-state index contributed by atoms with van der Waals surface area (Å²) in [6, 6.07) is 2.43. The first-order valence-corrected chi connectivity index (χ1v) is 5.68. The molecule has 0 spiro atoms. The van der Waals surface area contributed by atoms with E-state index in [4.69, 9.17) is 5.11 Å². The molecule has 2 atom stereocenters. The van der Waals surface area contributed by atoms with E-state index in [1.54, 1.807) is 0 Å². The highest BCUT2D eigenvalue weighted by Gasteiger charge is 2.40. The number of carboxylic acid groups (broad SMARTS) is 1. The van der Waals surface area contributed by atoms with Gasteiger partial charge in [-0.05, 0) is 40.9 Å². The highest BCUT2D eigenvalue weighted by Crippen LogP contribution is 2.45. The van der Waals surface area contributed by atoms with Gasteiger partial charge in [-0.25, -0.2) is 8.78 Å². The minimum absolute atomic E-state index is 0.104. The third-order valence-electron chi connectivity index (χ3n) is 3.04. The first-order valence-electron chi connectivity index (χ1n) is 4.88. The monoisotopic (exact) mass is 290 g/mol. The summed E-state index contributed by atoms with van der Waals surface area (Å²) in [6.07, 6.45) is 0.993. The smallest absolute Gasteiger partial charge is 0.307 e. The molecule has 1 aliphatic carbocycles. The fourth-order valence-electron chi connectivity index (χ4n) is 2.02. The van der Waals surface area contributed by atoms with Gasteiger partial charge in [0.25, 0.3) is 0 Å². The van der Waals surface area contributed by atoms with Crippen molar-refractivity contribution in [2.75, 3.05) is 0 Å². The number of aliphatic carboxylic acids is 1. The van der Waals surface area contributed by atoms with E-state index in [0.717, 1.165) is 6.07 Å². The second-order valence-corrected chi connectivity index (χ2v) is 4.74. The molecule has 2 rings (SSSR count). The van der Waals surface area contributed by atoms with Crippen LogP contribution in [0, 0.1) is 17.6 Å². The van der Waals surface area contributed by atoms with Crippen LogP contribution in [0.2, 0.25) is 0 Å². The zero-order valence-electron chi connectivity index (χ0n) is 8.21. The van der Waals surface area contributed by atoms with Crippen molar-refractivity contribution in [1.82, 2.24) is 0 Å². The molecule has 86 valence electrons. The van der Waals surface area contributed by atoms with Crippen LogP contribution < -0.4 is 0 Å². The molecule has 0 aliphatic heterocycles. The summed E-state index contributed by atoms with van der Waals surface area (Å²) in [5.41, 5.74) is -0.104. The second kappa shape index (κ2) is 4.13. The number of halogens is 3. The number of rotatable bonds is 2. The van der Waals surface area contributed by atoms with Gasteiger partial charge in [0.2, 0.25) is 0 Å². The van der Waals surface area contributed by atoms with E-state index in [1.165, 1.54) is 6.07 Å². The zero-order valence-corrected chi connectivity index (χ0v) is 9.80. The summed E-state index contributed by atoms with van der Waals surface area (Å²) in [4.78, 5) is 10.8. The summed E-state index contributed by atoms with van der Waals surface area (Å²) in [7, 11) is 0. The van der Waals surface area contributed by atoms with E-state index in [1.807, 2.05) is 0 Å². The van der Waals surface area contributed by atoms with Crippen LogP contribution in [0.15, 0.2) is 16.6 Å². The van der Waals surface area contributed by atoms with Gasteiger partial charge < -0.3 is 5.11 Å². The largest absolute Gasteiger partial charge is 0.481 e. The fraction of sp³-hybridized carbons (Fsp3) is 0.364. The first-order chi connectivity index (χ1) is 7.52. The molecule has 0 aromatic heterocycles. The molecular weight excluding hydrogens is 282 g/mol. The molecular formula is C11H9BrF2O2. The molecule has 16 heavy (non-hydrogen) atoms. The van der Waals surface area contributed by atoms with Gasteiger partial charge in [-0.15, -0.1) is 0 Å². The predicted molar refractivity (Wildman–Crippen MR) is 57.2 cm³/mol. The quantitative estimate of drug-likeness (QED) is 0.849. The molecule has 1 saturated carbocycles. The average Bonchev–Trinajstić information content (AvgIpc) is 2.15. The highest BCUT2D eigenvalue weighted by atomic mass is 79.9. The third-order valence-corrected chi connectivity index (χ3v) is 3.65. The van der Waals surface area contributed by atoms with Crippen molar-refractivity contribution in [1.29, 1.82) is 0 Å². The minimum Gasteiger partial charge on any atom is -0.481 e. The Kier molecular flexibility index (Phi) is 2.97. The molecule has 1 aliphatic rings. The molecule has 2 unspecified atom stereocenters. The molecule has 0 bridgehead atoms. The van der Waals surface area contributed by atoms with Crippen LogP contribution in [0.3, 0.4) is 0 Å². The van der Waals surface area contributed by atoms with Crippen molar-refractivity contribution in [3.05, 3.63) is 33.8 Å². The molecule has 1 aromatic rings. The maximum atomic E-state index is 13.7. The van der Waals surface area contributed by atoms with E-state index in [9.17, 15) is 13.6 Å².